The third-order valence-electron chi connectivity index (χ3n) is 2.17. The maximum Gasteiger partial charge on any atom is 0.320 e. The molecular formula is C8H9N5O4. The maximum absolute atomic E-state index is 11.4. The molecule has 0 fully saturated rings. The summed E-state index contributed by atoms with van der Waals surface area (Å²) in [5, 5.41) is 16.9. The van der Waals surface area contributed by atoms with E-state index in [1.807, 2.05) is 0 Å². The smallest absolute Gasteiger partial charge is 0.320 e. The Morgan fingerprint density at radius 2 is 2.41 bits per heavy atom. The predicted molar refractivity (Wildman–Crippen MR) is 54.0 cm³/mol. The molecule has 2 rings (SSSR count). The van der Waals surface area contributed by atoms with Crippen LogP contribution in [0.5, 0.6) is 0 Å². The number of carboxylic acids is 1. The molecule has 5 N–H and O–H groups in total. The predicted octanol–water partition coefficient (Wildman–Crippen LogP) is -1.29. The van der Waals surface area contributed by atoms with Crippen molar-refractivity contribution in [2.24, 2.45) is 5.73 Å². The molecule has 17 heavy (non-hydrogen) atoms. The van der Waals surface area contributed by atoms with E-state index in [4.69, 9.17) is 15.4 Å². The van der Waals surface area contributed by atoms with Gasteiger partial charge in [0.25, 0.3) is 5.56 Å². The maximum atomic E-state index is 11.4. The normalized spacial score (nSPS) is 12.5. The Labute approximate surface area is 93.6 Å². The SMILES string of the molecule is N[C@@H](Cc1c(-c2ncn[nH]2)o[nH]c1=O)C(=O)O. The Hall–Kier alpha value is -2.42. The fraction of sp³-hybridized carbons (Fsp3) is 0.250. The minimum atomic E-state index is -1.20. The summed E-state index contributed by atoms with van der Waals surface area (Å²) in [4.78, 5) is 25.9. The molecule has 0 saturated heterocycles. The van der Waals surface area contributed by atoms with E-state index in [9.17, 15) is 9.59 Å². The lowest BCUT2D eigenvalue weighted by Gasteiger charge is -2.03. The first-order valence-electron chi connectivity index (χ1n) is 4.64. The van der Waals surface area contributed by atoms with E-state index in [0.717, 1.165) is 0 Å². The summed E-state index contributed by atoms with van der Waals surface area (Å²) in [5.74, 6) is -0.853. The Kier molecular flexibility index (Phi) is 2.75. The molecule has 2 aromatic heterocycles. The number of aromatic amines is 2. The van der Waals surface area contributed by atoms with E-state index < -0.39 is 17.6 Å². The highest BCUT2D eigenvalue weighted by molar-refractivity contribution is 5.74. The molecule has 0 aromatic carbocycles. The number of hydrogen-bond acceptors (Lipinski definition) is 6. The molecule has 9 nitrogen and oxygen atoms in total. The molecule has 0 aliphatic heterocycles. The number of aliphatic carboxylic acids is 1. The van der Waals surface area contributed by atoms with Gasteiger partial charge in [0.2, 0.25) is 5.76 Å². The standard InChI is InChI=1S/C8H9N5O4/c9-4(8(15)16)1-3-5(17-13-7(3)14)6-10-2-11-12-6/h2,4H,1,9H2,(H,13,14)(H,15,16)(H,10,11,12)/t4-/m0/s1. The molecule has 2 heterocycles. The van der Waals surface area contributed by atoms with Crippen LogP contribution in [0.2, 0.25) is 0 Å². The van der Waals surface area contributed by atoms with E-state index >= 15 is 0 Å². The molecule has 1 atom stereocenters. The van der Waals surface area contributed by atoms with Gasteiger partial charge in [-0.2, -0.15) is 10.3 Å². The van der Waals surface area contributed by atoms with Crippen molar-refractivity contribution in [1.82, 2.24) is 20.3 Å². The third kappa shape index (κ3) is 2.08. The Bertz CT molecular complexity index is 569. The molecule has 0 saturated carbocycles. The summed E-state index contributed by atoms with van der Waals surface area (Å²) in [6.07, 6.45) is 1.08. The van der Waals surface area contributed by atoms with Gasteiger partial charge in [-0.1, -0.05) is 0 Å². The molecule has 0 bridgehead atoms. The van der Waals surface area contributed by atoms with Crippen LogP contribution in [-0.2, 0) is 11.2 Å². The summed E-state index contributed by atoms with van der Waals surface area (Å²) in [6.45, 7) is 0. The number of nitrogens with two attached hydrogens (primary N) is 1. The molecule has 0 aliphatic carbocycles. The average Bonchev–Trinajstić information content (AvgIpc) is 2.89. The van der Waals surface area contributed by atoms with E-state index in [2.05, 4.69) is 20.3 Å². The van der Waals surface area contributed by atoms with Gasteiger partial charge in [-0.05, 0) is 0 Å². The zero-order valence-electron chi connectivity index (χ0n) is 8.51. The fourth-order valence-electron chi connectivity index (χ4n) is 1.32. The molecular weight excluding hydrogens is 230 g/mol. The second-order valence-electron chi connectivity index (χ2n) is 3.32. The lowest BCUT2D eigenvalue weighted by molar-refractivity contribution is -0.138. The summed E-state index contributed by atoms with van der Waals surface area (Å²) in [7, 11) is 0. The van der Waals surface area contributed by atoms with Crippen molar-refractivity contribution in [3.05, 3.63) is 22.2 Å². The van der Waals surface area contributed by atoms with Crippen LogP contribution < -0.4 is 11.3 Å². The van der Waals surface area contributed by atoms with Crippen molar-refractivity contribution in [3.8, 4) is 11.6 Å². The average molecular weight is 239 g/mol. The molecule has 0 aliphatic rings. The number of carboxylic acid groups (broad SMARTS) is 1. The number of rotatable bonds is 4. The van der Waals surface area contributed by atoms with Crippen LogP contribution in [0.15, 0.2) is 15.6 Å². The largest absolute Gasteiger partial charge is 0.480 e. The van der Waals surface area contributed by atoms with Gasteiger partial charge in [0.15, 0.2) is 5.82 Å². The number of nitrogens with one attached hydrogen (secondary N) is 2. The Balaban J connectivity index is 2.37. The first-order chi connectivity index (χ1) is 8.09. The molecule has 0 radical (unpaired) electrons. The number of aromatic nitrogens is 4. The minimum Gasteiger partial charge on any atom is -0.480 e. The van der Waals surface area contributed by atoms with Crippen LogP contribution in [0.4, 0.5) is 0 Å². The minimum absolute atomic E-state index is 0.115. The Morgan fingerprint density at radius 3 is 3.00 bits per heavy atom. The van der Waals surface area contributed by atoms with E-state index in [0.29, 0.717) is 0 Å². The first kappa shape index (κ1) is 11.1. The number of hydrogen-bond donors (Lipinski definition) is 4. The second kappa shape index (κ2) is 4.22. The Morgan fingerprint density at radius 1 is 1.65 bits per heavy atom. The van der Waals surface area contributed by atoms with Crippen molar-refractivity contribution >= 4 is 5.97 Å². The molecule has 9 heteroatoms. The van der Waals surface area contributed by atoms with E-state index in [-0.39, 0.29) is 23.6 Å². The highest BCUT2D eigenvalue weighted by Crippen LogP contribution is 2.16. The van der Waals surface area contributed by atoms with Crippen LogP contribution in [-0.4, -0.2) is 37.5 Å². The third-order valence-corrected chi connectivity index (χ3v) is 2.17. The van der Waals surface area contributed by atoms with E-state index in [1.165, 1.54) is 6.33 Å². The zero-order valence-corrected chi connectivity index (χ0v) is 8.51. The van der Waals surface area contributed by atoms with Gasteiger partial charge in [0.1, 0.15) is 12.4 Å². The molecule has 90 valence electrons. The highest BCUT2D eigenvalue weighted by Gasteiger charge is 2.22. The number of carbonyl (C=O) groups is 1. The summed E-state index contributed by atoms with van der Waals surface area (Å²) in [5.41, 5.74) is 4.95. The molecule has 2 aromatic rings. The van der Waals surface area contributed by atoms with Gasteiger partial charge in [-0.25, -0.2) is 4.98 Å². The van der Waals surface area contributed by atoms with E-state index in [1.54, 1.807) is 0 Å². The van der Waals surface area contributed by atoms with Gasteiger partial charge >= 0.3 is 5.97 Å². The summed E-state index contributed by atoms with van der Waals surface area (Å²) in [6, 6.07) is -1.18. The van der Waals surface area contributed by atoms with Crippen molar-refractivity contribution in [1.29, 1.82) is 0 Å². The van der Waals surface area contributed by atoms with Crippen LogP contribution in [0.3, 0.4) is 0 Å². The van der Waals surface area contributed by atoms with Crippen LogP contribution >= 0.6 is 0 Å². The van der Waals surface area contributed by atoms with Crippen molar-refractivity contribution in [2.75, 3.05) is 0 Å². The van der Waals surface area contributed by atoms with Gasteiger partial charge < -0.3 is 15.4 Å². The van der Waals surface area contributed by atoms with Gasteiger partial charge in [-0.15, -0.1) is 0 Å². The number of H-pyrrole nitrogens is 2. The van der Waals surface area contributed by atoms with Crippen LogP contribution in [0, 0.1) is 0 Å². The quantitative estimate of drug-likeness (QED) is 0.517. The number of nitrogens with zero attached hydrogens (tertiary/aromatic N) is 2. The summed E-state index contributed by atoms with van der Waals surface area (Å²) >= 11 is 0. The van der Waals surface area contributed by atoms with Gasteiger partial charge in [0.05, 0.1) is 5.56 Å². The fourth-order valence-corrected chi connectivity index (χ4v) is 1.32. The van der Waals surface area contributed by atoms with Gasteiger partial charge in [-0.3, -0.25) is 14.7 Å². The topological polar surface area (TPSA) is 151 Å². The highest BCUT2D eigenvalue weighted by atomic mass is 16.5. The second-order valence-corrected chi connectivity index (χ2v) is 3.32. The van der Waals surface area contributed by atoms with Crippen molar-refractivity contribution in [3.63, 3.8) is 0 Å². The lowest BCUT2D eigenvalue weighted by Crippen LogP contribution is -2.33. The van der Waals surface area contributed by atoms with Crippen molar-refractivity contribution < 1.29 is 14.4 Å². The first-order valence-corrected chi connectivity index (χ1v) is 4.64. The van der Waals surface area contributed by atoms with Crippen molar-refractivity contribution in [2.45, 2.75) is 12.5 Å². The zero-order chi connectivity index (χ0) is 12.4. The molecule has 0 spiro atoms. The van der Waals surface area contributed by atoms with Crippen LogP contribution in [0.25, 0.3) is 11.6 Å². The monoisotopic (exact) mass is 239 g/mol. The summed E-state index contributed by atoms with van der Waals surface area (Å²) < 4.78 is 4.90. The molecule has 0 unspecified atom stereocenters. The molecule has 0 amide bonds. The van der Waals surface area contributed by atoms with Gasteiger partial charge in [0, 0.05) is 6.42 Å². The van der Waals surface area contributed by atoms with Crippen LogP contribution in [0.1, 0.15) is 5.56 Å². The lowest BCUT2D eigenvalue weighted by atomic mass is 10.1.